The van der Waals surface area contributed by atoms with Gasteiger partial charge in [-0.05, 0) is 43.9 Å². The highest BCUT2D eigenvalue weighted by Gasteiger charge is 2.26. The summed E-state index contributed by atoms with van der Waals surface area (Å²) in [6.07, 6.45) is 12.2. The quantitative estimate of drug-likeness (QED) is 0.409. The van der Waals surface area contributed by atoms with Crippen LogP contribution in [0, 0.1) is 5.92 Å². The van der Waals surface area contributed by atoms with Gasteiger partial charge < -0.3 is 19.4 Å². The molecule has 0 aliphatic carbocycles. The molecule has 1 aromatic heterocycles. The first-order valence-corrected chi connectivity index (χ1v) is 11.2. The molecule has 0 saturated carbocycles. The van der Waals surface area contributed by atoms with Crippen molar-refractivity contribution in [2.45, 2.75) is 52.8 Å². The number of esters is 2. The van der Waals surface area contributed by atoms with E-state index >= 15 is 0 Å². The average Bonchev–Trinajstić information content (AvgIpc) is 3.23. The molecule has 0 fully saturated rings. The van der Waals surface area contributed by atoms with Gasteiger partial charge in [0.05, 0.1) is 6.33 Å². The fourth-order valence-electron chi connectivity index (χ4n) is 3.08. The second-order valence-corrected chi connectivity index (χ2v) is 9.03. The van der Waals surface area contributed by atoms with E-state index < -0.39 is 17.6 Å². The first-order chi connectivity index (χ1) is 15.7. The van der Waals surface area contributed by atoms with Crippen LogP contribution in [0.5, 0.6) is 0 Å². The number of carbonyl (C=O) groups is 2. The third-order valence-corrected chi connectivity index (χ3v) is 4.62. The maximum absolute atomic E-state index is 12.3. The van der Waals surface area contributed by atoms with E-state index in [1.54, 1.807) is 18.6 Å². The Hall–Kier alpha value is -3.19. The van der Waals surface area contributed by atoms with E-state index in [9.17, 15) is 9.59 Å². The molecule has 1 aromatic carbocycles. The van der Waals surface area contributed by atoms with Crippen LogP contribution in [0.3, 0.4) is 0 Å². The van der Waals surface area contributed by atoms with Crippen molar-refractivity contribution >= 4 is 18.0 Å². The lowest BCUT2D eigenvalue weighted by Crippen LogP contribution is -2.44. The number of imidazole rings is 1. The zero-order valence-electron chi connectivity index (χ0n) is 20.2. The van der Waals surface area contributed by atoms with E-state index in [0.717, 1.165) is 17.7 Å². The van der Waals surface area contributed by atoms with E-state index in [4.69, 9.17) is 9.47 Å². The van der Waals surface area contributed by atoms with Gasteiger partial charge >= 0.3 is 11.9 Å². The van der Waals surface area contributed by atoms with Crippen LogP contribution in [-0.2, 0) is 25.6 Å². The largest absolute Gasteiger partial charge is 0.459 e. The number of benzene rings is 1. The number of hydrogen-bond acceptors (Lipinski definition) is 6. The molecular formula is C26H35N3O4. The molecule has 0 spiro atoms. The summed E-state index contributed by atoms with van der Waals surface area (Å²) in [5.41, 5.74) is 1.66. The Balaban J connectivity index is 1.78. The minimum absolute atomic E-state index is 0.0574. The summed E-state index contributed by atoms with van der Waals surface area (Å²) >= 11 is 0. The van der Waals surface area contributed by atoms with Gasteiger partial charge in [0.15, 0.2) is 0 Å². The number of carbonyl (C=O) groups excluding carboxylic acids is 2. The van der Waals surface area contributed by atoms with Crippen molar-refractivity contribution < 1.29 is 19.1 Å². The molecule has 0 amide bonds. The Morgan fingerprint density at radius 2 is 1.94 bits per heavy atom. The summed E-state index contributed by atoms with van der Waals surface area (Å²) in [5, 5.41) is 3.12. The lowest BCUT2D eigenvalue weighted by molar-refractivity contribution is -0.158. The number of nitrogens with zero attached hydrogens (tertiary/aromatic N) is 2. The summed E-state index contributed by atoms with van der Waals surface area (Å²) < 4.78 is 12.7. The minimum atomic E-state index is -0.543. The lowest BCUT2D eigenvalue weighted by atomic mass is 10.0. The molecule has 2 rings (SSSR count). The highest BCUT2D eigenvalue weighted by atomic mass is 16.6. The van der Waals surface area contributed by atoms with Crippen molar-refractivity contribution in [1.29, 1.82) is 0 Å². The highest BCUT2D eigenvalue weighted by molar-refractivity contribution is 5.82. The monoisotopic (exact) mass is 453 g/mol. The normalized spacial score (nSPS) is 13.0. The van der Waals surface area contributed by atoms with Gasteiger partial charge in [0, 0.05) is 31.6 Å². The molecular weight excluding hydrogens is 418 g/mol. The summed E-state index contributed by atoms with van der Waals surface area (Å²) in [5.74, 6) is -0.680. The summed E-state index contributed by atoms with van der Waals surface area (Å²) in [4.78, 5) is 28.3. The molecule has 0 aliphatic rings. The van der Waals surface area contributed by atoms with Gasteiger partial charge in [0.25, 0.3) is 0 Å². The maximum atomic E-state index is 12.3. The molecule has 0 bridgehead atoms. The number of rotatable bonds is 11. The molecule has 0 radical (unpaired) electrons. The Bertz CT molecular complexity index is 941. The third kappa shape index (κ3) is 9.87. The predicted octanol–water partition coefficient (Wildman–Crippen LogP) is 4.00. The number of nitrogens with one attached hydrogen (secondary N) is 1. The van der Waals surface area contributed by atoms with Crippen molar-refractivity contribution in [3.05, 3.63) is 72.3 Å². The van der Waals surface area contributed by atoms with Crippen molar-refractivity contribution in [2.24, 2.45) is 5.92 Å². The molecule has 1 atom stereocenters. The number of aromatic nitrogens is 2. The van der Waals surface area contributed by atoms with Gasteiger partial charge in [-0.3, -0.25) is 4.79 Å². The van der Waals surface area contributed by atoms with Crippen LogP contribution in [0.1, 0.15) is 45.7 Å². The van der Waals surface area contributed by atoms with E-state index in [0.29, 0.717) is 6.54 Å². The van der Waals surface area contributed by atoms with Crippen LogP contribution < -0.4 is 5.32 Å². The van der Waals surface area contributed by atoms with Gasteiger partial charge in [-0.2, -0.15) is 0 Å². The topological polar surface area (TPSA) is 82.5 Å². The SMILES string of the molecule is CC(C)[C@@H](NCC=CC(=O)OCC=Cc1ccccc1Cn1ccnc1)C(=O)OC(C)(C)C. The third-order valence-electron chi connectivity index (χ3n) is 4.62. The Kier molecular flexibility index (Phi) is 10.1. The van der Waals surface area contributed by atoms with E-state index in [1.807, 2.05) is 75.7 Å². The van der Waals surface area contributed by atoms with Crippen LogP contribution in [-0.4, -0.2) is 46.3 Å². The molecule has 0 saturated heterocycles. The van der Waals surface area contributed by atoms with Crippen LogP contribution >= 0.6 is 0 Å². The molecule has 1 N–H and O–H groups in total. The summed E-state index contributed by atoms with van der Waals surface area (Å²) in [7, 11) is 0. The highest BCUT2D eigenvalue weighted by Crippen LogP contribution is 2.13. The van der Waals surface area contributed by atoms with E-state index in [-0.39, 0.29) is 18.5 Å². The first kappa shape index (κ1) is 26.1. The predicted molar refractivity (Wildman–Crippen MR) is 129 cm³/mol. The van der Waals surface area contributed by atoms with Crippen LogP contribution in [0.25, 0.3) is 6.08 Å². The van der Waals surface area contributed by atoms with Crippen molar-refractivity contribution in [3.63, 3.8) is 0 Å². The second-order valence-electron chi connectivity index (χ2n) is 9.03. The van der Waals surface area contributed by atoms with Gasteiger partial charge in [-0.15, -0.1) is 0 Å². The fraction of sp³-hybridized carbons (Fsp3) is 0.423. The van der Waals surface area contributed by atoms with Crippen LogP contribution in [0.2, 0.25) is 0 Å². The Morgan fingerprint density at radius 3 is 2.61 bits per heavy atom. The molecule has 0 unspecified atom stereocenters. The number of hydrogen-bond donors (Lipinski definition) is 1. The van der Waals surface area contributed by atoms with Crippen molar-refractivity contribution in [3.8, 4) is 0 Å². The average molecular weight is 454 g/mol. The van der Waals surface area contributed by atoms with Gasteiger partial charge in [0.1, 0.15) is 18.2 Å². The van der Waals surface area contributed by atoms with E-state index in [2.05, 4.69) is 16.4 Å². The zero-order chi connectivity index (χ0) is 24.3. The lowest BCUT2D eigenvalue weighted by Gasteiger charge is -2.26. The molecule has 7 nitrogen and oxygen atoms in total. The second kappa shape index (κ2) is 12.7. The molecule has 7 heteroatoms. The van der Waals surface area contributed by atoms with Crippen molar-refractivity contribution in [2.75, 3.05) is 13.2 Å². The number of ether oxygens (including phenoxy) is 2. The Morgan fingerprint density at radius 1 is 1.18 bits per heavy atom. The molecule has 33 heavy (non-hydrogen) atoms. The van der Waals surface area contributed by atoms with Gasteiger partial charge in [-0.25, -0.2) is 9.78 Å². The molecule has 178 valence electrons. The summed E-state index contributed by atoms with van der Waals surface area (Å²) in [6.45, 7) is 10.6. The Labute approximate surface area is 196 Å². The zero-order valence-corrected chi connectivity index (χ0v) is 20.2. The smallest absolute Gasteiger partial charge is 0.330 e. The fourth-order valence-corrected chi connectivity index (χ4v) is 3.08. The molecule has 2 aromatic rings. The van der Waals surface area contributed by atoms with Gasteiger partial charge in [-0.1, -0.05) is 50.3 Å². The van der Waals surface area contributed by atoms with Crippen molar-refractivity contribution in [1.82, 2.24) is 14.9 Å². The standard InChI is InChI=1S/C26H35N3O4/c1-20(2)24(25(31)33-26(3,4)5)28-14-8-13-23(30)32-17-9-12-21-10-6-7-11-22(21)18-29-16-15-27-19-29/h6-13,15-16,19-20,24,28H,14,17-18H2,1-5H3/t24-/m1/s1. The minimum Gasteiger partial charge on any atom is -0.459 e. The molecule has 1 heterocycles. The van der Waals surface area contributed by atoms with Crippen LogP contribution in [0.15, 0.2) is 61.2 Å². The molecule has 0 aliphatic heterocycles. The first-order valence-electron chi connectivity index (χ1n) is 11.2. The van der Waals surface area contributed by atoms with E-state index in [1.165, 1.54) is 6.08 Å². The summed E-state index contributed by atoms with van der Waals surface area (Å²) in [6, 6.07) is 7.60. The maximum Gasteiger partial charge on any atom is 0.330 e. The van der Waals surface area contributed by atoms with Gasteiger partial charge in [0.2, 0.25) is 0 Å². The van der Waals surface area contributed by atoms with Crippen LogP contribution in [0.4, 0.5) is 0 Å².